The molecule has 0 aliphatic heterocycles. The molecule has 11 heavy (non-hydrogen) atoms. The molecule has 5 heteroatoms. The molecular weight excluding hydrogens is 189 g/mol. The minimum Gasteiger partial charge on any atom is -0.424 e. The Hall–Kier alpha value is -0.540. The van der Waals surface area contributed by atoms with E-state index < -0.39 is 5.63 Å². The Bertz CT molecular complexity index is 321. The van der Waals surface area contributed by atoms with Crippen LogP contribution in [0.4, 0.5) is 0 Å². The van der Waals surface area contributed by atoms with Crippen LogP contribution in [0.1, 0.15) is 11.5 Å². The Balaban J connectivity index is 3.32. The van der Waals surface area contributed by atoms with Gasteiger partial charge >= 0.3 is 5.63 Å². The number of hydrogen-bond donors (Lipinski definition) is 0. The van der Waals surface area contributed by atoms with Gasteiger partial charge in [0.1, 0.15) is 11.5 Å². The highest BCUT2D eigenvalue weighted by atomic mass is 35.5. The second-order valence-corrected chi connectivity index (χ2v) is 2.55. The van der Waals surface area contributed by atoms with Gasteiger partial charge in [-0.3, -0.25) is 0 Å². The van der Waals surface area contributed by atoms with Gasteiger partial charge in [0, 0.05) is 0 Å². The van der Waals surface area contributed by atoms with E-state index in [2.05, 4.69) is 4.98 Å². The first-order valence-electron chi connectivity index (χ1n) is 2.87. The number of alkyl halides is 1. The Morgan fingerprint density at radius 3 is 2.82 bits per heavy atom. The first-order valence-corrected chi connectivity index (χ1v) is 3.78. The van der Waals surface area contributed by atoms with Crippen molar-refractivity contribution < 1.29 is 4.42 Å². The van der Waals surface area contributed by atoms with Gasteiger partial charge in [0.25, 0.3) is 0 Å². The highest BCUT2D eigenvalue weighted by molar-refractivity contribution is 6.29. The van der Waals surface area contributed by atoms with Crippen molar-refractivity contribution in [1.29, 1.82) is 0 Å². The summed E-state index contributed by atoms with van der Waals surface area (Å²) >= 11 is 10.9. The third-order valence-electron chi connectivity index (χ3n) is 1.13. The fourth-order valence-corrected chi connectivity index (χ4v) is 0.877. The summed E-state index contributed by atoms with van der Waals surface area (Å²) in [7, 11) is 0. The van der Waals surface area contributed by atoms with E-state index in [-0.39, 0.29) is 16.7 Å². The van der Waals surface area contributed by atoms with Crippen molar-refractivity contribution in [2.24, 2.45) is 0 Å². The number of halogens is 2. The molecular formula is C6H5Cl2NO2. The smallest absolute Gasteiger partial charge is 0.359 e. The zero-order chi connectivity index (χ0) is 8.43. The lowest BCUT2D eigenvalue weighted by atomic mass is 10.5. The summed E-state index contributed by atoms with van der Waals surface area (Å²) in [6, 6.07) is 0. The summed E-state index contributed by atoms with van der Waals surface area (Å²) in [5.74, 6) is 0.327. The van der Waals surface area contributed by atoms with Crippen molar-refractivity contribution in [2.45, 2.75) is 12.8 Å². The van der Waals surface area contributed by atoms with E-state index in [4.69, 9.17) is 27.6 Å². The molecule has 0 atom stereocenters. The molecule has 0 saturated carbocycles. The van der Waals surface area contributed by atoms with Crippen LogP contribution in [0.15, 0.2) is 9.21 Å². The van der Waals surface area contributed by atoms with Crippen LogP contribution < -0.4 is 5.63 Å². The molecule has 0 aliphatic carbocycles. The normalized spacial score (nSPS) is 10.1. The quantitative estimate of drug-likeness (QED) is 0.639. The highest BCUT2D eigenvalue weighted by Gasteiger charge is 2.05. The fraction of sp³-hybridized carbons (Fsp3) is 0.333. The molecule has 60 valence electrons. The number of hydrogen-bond acceptors (Lipinski definition) is 3. The lowest BCUT2D eigenvalue weighted by molar-refractivity contribution is 0.465. The van der Waals surface area contributed by atoms with Crippen molar-refractivity contribution in [3.05, 3.63) is 27.0 Å². The van der Waals surface area contributed by atoms with Gasteiger partial charge in [-0.1, -0.05) is 11.6 Å². The minimum atomic E-state index is -0.526. The largest absolute Gasteiger partial charge is 0.424 e. The van der Waals surface area contributed by atoms with Gasteiger partial charge in [0.15, 0.2) is 5.15 Å². The Labute approximate surface area is 73.0 Å². The van der Waals surface area contributed by atoms with Gasteiger partial charge in [-0.2, -0.15) is 0 Å². The Morgan fingerprint density at radius 1 is 1.64 bits per heavy atom. The van der Waals surface area contributed by atoms with Crippen molar-refractivity contribution in [2.75, 3.05) is 0 Å². The first-order chi connectivity index (χ1) is 5.15. The van der Waals surface area contributed by atoms with E-state index in [1.165, 1.54) is 0 Å². The number of rotatable bonds is 1. The van der Waals surface area contributed by atoms with E-state index >= 15 is 0 Å². The molecule has 1 aromatic heterocycles. The summed E-state index contributed by atoms with van der Waals surface area (Å²) in [5.41, 5.74) is -0.385. The summed E-state index contributed by atoms with van der Waals surface area (Å²) in [5, 5.41) is 0.181. The lowest BCUT2D eigenvalue weighted by Crippen LogP contribution is -2.09. The molecule has 0 N–H and O–H groups in total. The zero-order valence-corrected chi connectivity index (χ0v) is 7.24. The van der Waals surface area contributed by atoms with Crippen molar-refractivity contribution >= 4 is 23.2 Å². The monoisotopic (exact) mass is 193 g/mol. The molecule has 0 spiro atoms. The zero-order valence-electron chi connectivity index (χ0n) is 5.73. The standard InChI is InChI=1S/C6H5Cl2NO2/c1-3-5(8)9-4(2-7)6(10)11-3/h2H2,1H3. The molecule has 1 aromatic rings. The molecule has 1 rings (SSSR count). The van der Waals surface area contributed by atoms with E-state index in [0.717, 1.165) is 0 Å². The van der Waals surface area contributed by atoms with Crippen molar-refractivity contribution in [1.82, 2.24) is 4.98 Å². The second kappa shape index (κ2) is 3.24. The van der Waals surface area contributed by atoms with Crippen LogP contribution in [0, 0.1) is 6.92 Å². The van der Waals surface area contributed by atoms with E-state index in [9.17, 15) is 4.79 Å². The molecule has 0 radical (unpaired) electrons. The third-order valence-corrected chi connectivity index (χ3v) is 1.74. The Morgan fingerprint density at radius 2 is 2.27 bits per heavy atom. The molecule has 0 bridgehead atoms. The van der Waals surface area contributed by atoms with Crippen LogP contribution >= 0.6 is 23.2 Å². The number of nitrogens with zero attached hydrogens (tertiary/aromatic N) is 1. The summed E-state index contributed by atoms with van der Waals surface area (Å²) in [6.45, 7) is 1.56. The second-order valence-electron chi connectivity index (χ2n) is 1.93. The summed E-state index contributed by atoms with van der Waals surface area (Å²) < 4.78 is 4.70. The van der Waals surface area contributed by atoms with Gasteiger partial charge in [0.05, 0.1) is 5.88 Å². The summed E-state index contributed by atoms with van der Waals surface area (Å²) in [6.07, 6.45) is 0. The van der Waals surface area contributed by atoms with E-state index in [0.29, 0.717) is 5.76 Å². The molecule has 0 unspecified atom stereocenters. The summed E-state index contributed by atoms with van der Waals surface area (Å²) in [4.78, 5) is 14.6. The molecule has 0 aliphatic rings. The van der Waals surface area contributed by atoms with Crippen LogP contribution in [-0.4, -0.2) is 4.98 Å². The molecule has 0 fully saturated rings. The maximum Gasteiger partial charge on any atom is 0.359 e. The van der Waals surface area contributed by atoms with Crippen LogP contribution in [0.3, 0.4) is 0 Å². The maximum atomic E-state index is 10.9. The molecule has 3 nitrogen and oxygen atoms in total. The van der Waals surface area contributed by atoms with Gasteiger partial charge in [-0.15, -0.1) is 11.6 Å². The van der Waals surface area contributed by atoms with Gasteiger partial charge < -0.3 is 4.42 Å². The minimum absolute atomic E-state index is 0.0162. The van der Waals surface area contributed by atoms with Gasteiger partial charge in [0.2, 0.25) is 0 Å². The SMILES string of the molecule is Cc1oc(=O)c(CCl)nc1Cl. The third kappa shape index (κ3) is 1.73. The number of aryl methyl sites for hydroxylation is 1. The molecule has 0 aromatic carbocycles. The van der Waals surface area contributed by atoms with Crippen molar-refractivity contribution in [3.63, 3.8) is 0 Å². The fourth-order valence-electron chi connectivity index (χ4n) is 0.567. The van der Waals surface area contributed by atoms with Gasteiger partial charge in [-0.05, 0) is 6.92 Å². The molecule has 0 amide bonds. The maximum absolute atomic E-state index is 10.9. The predicted molar refractivity (Wildman–Crippen MR) is 42.1 cm³/mol. The highest BCUT2D eigenvalue weighted by Crippen LogP contribution is 2.09. The van der Waals surface area contributed by atoms with Gasteiger partial charge in [-0.25, -0.2) is 9.78 Å². The molecule has 0 saturated heterocycles. The lowest BCUT2D eigenvalue weighted by Gasteiger charge is -1.95. The average Bonchev–Trinajstić information content (AvgIpc) is 1.97. The Kier molecular flexibility index (Phi) is 2.52. The van der Waals surface area contributed by atoms with Crippen LogP contribution in [0.2, 0.25) is 5.15 Å². The van der Waals surface area contributed by atoms with Crippen molar-refractivity contribution in [3.8, 4) is 0 Å². The van der Waals surface area contributed by atoms with E-state index in [1.54, 1.807) is 6.92 Å². The van der Waals surface area contributed by atoms with Crippen LogP contribution in [0.25, 0.3) is 0 Å². The van der Waals surface area contributed by atoms with Crippen LogP contribution in [0.5, 0.6) is 0 Å². The molecule has 1 heterocycles. The van der Waals surface area contributed by atoms with E-state index in [1.807, 2.05) is 0 Å². The predicted octanol–water partition coefficient (Wildman–Crippen LogP) is 1.74. The average molecular weight is 194 g/mol. The number of aromatic nitrogens is 1. The first kappa shape index (κ1) is 8.56. The van der Waals surface area contributed by atoms with Crippen LogP contribution in [-0.2, 0) is 5.88 Å². The topological polar surface area (TPSA) is 43.1 Å².